The molecule has 1 saturated carbocycles. The molecule has 38 heavy (non-hydrogen) atoms. The van der Waals surface area contributed by atoms with Crippen LogP contribution >= 0.6 is 0 Å². The molecule has 4 N–H and O–H groups in total. The van der Waals surface area contributed by atoms with E-state index < -0.39 is 41.6 Å². The van der Waals surface area contributed by atoms with E-state index in [2.05, 4.69) is 16.6 Å². The molecule has 0 saturated heterocycles. The van der Waals surface area contributed by atoms with Gasteiger partial charge in [0.2, 0.25) is 17.7 Å². The zero-order valence-corrected chi connectivity index (χ0v) is 23.2. The highest BCUT2D eigenvalue weighted by Crippen LogP contribution is 2.27. The summed E-state index contributed by atoms with van der Waals surface area (Å²) in [6.45, 7) is 8.72. The van der Waals surface area contributed by atoms with Gasteiger partial charge >= 0.3 is 6.09 Å². The Labute approximate surface area is 226 Å². The minimum atomic E-state index is -1.13. The molecule has 0 aromatic heterocycles. The number of carbonyl (C=O) groups excluding carboxylic acids is 4. The monoisotopic (exact) mass is 526 g/mol. The number of nitrogens with zero attached hydrogens (tertiary/aromatic N) is 1. The SMILES string of the molecule is C#Cc1ccc(C(C(=O)NC2CCCCC2)N(C(=O)C(CCC(N)=O)NC(=O)OC(C)(C)C)C(C)C)cc1. The quantitative estimate of drug-likeness (QED) is 0.401. The van der Waals surface area contributed by atoms with Gasteiger partial charge in [-0.3, -0.25) is 14.4 Å². The molecule has 0 bridgehead atoms. The lowest BCUT2D eigenvalue weighted by Crippen LogP contribution is -2.56. The molecule has 0 heterocycles. The van der Waals surface area contributed by atoms with Gasteiger partial charge in [-0.2, -0.15) is 0 Å². The smallest absolute Gasteiger partial charge is 0.408 e. The fourth-order valence-corrected chi connectivity index (χ4v) is 4.58. The number of nitrogens with one attached hydrogen (secondary N) is 2. The minimum absolute atomic E-state index is 0.0263. The molecule has 1 fully saturated rings. The molecule has 1 aromatic rings. The topological polar surface area (TPSA) is 131 Å². The number of hydrogen-bond acceptors (Lipinski definition) is 5. The average Bonchev–Trinajstić information content (AvgIpc) is 2.83. The molecule has 2 rings (SSSR count). The number of carbonyl (C=O) groups is 4. The maximum atomic E-state index is 14.0. The molecule has 2 unspecified atom stereocenters. The van der Waals surface area contributed by atoms with Crippen LogP contribution in [-0.4, -0.2) is 52.4 Å². The van der Waals surface area contributed by atoms with Crippen molar-refractivity contribution in [2.24, 2.45) is 5.73 Å². The van der Waals surface area contributed by atoms with Crippen LogP contribution in [0.2, 0.25) is 0 Å². The van der Waals surface area contributed by atoms with E-state index in [0.717, 1.165) is 32.1 Å². The Morgan fingerprint density at radius 2 is 1.71 bits per heavy atom. The van der Waals surface area contributed by atoms with E-state index in [4.69, 9.17) is 16.9 Å². The highest BCUT2D eigenvalue weighted by molar-refractivity contribution is 5.92. The van der Waals surface area contributed by atoms with Gasteiger partial charge in [0, 0.05) is 24.1 Å². The Balaban J connectivity index is 2.46. The van der Waals surface area contributed by atoms with E-state index in [-0.39, 0.29) is 24.8 Å². The Morgan fingerprint density at radius 1 is 1.11 bits per heavy atom. The van der Waals surface area contributed by atoms with Crippen LogP contribution in [0.3, 0.4) is 0 Å². The first-order chi connectivity index (χ1) is 17.8. The van der Waals surface area contributed by atoms with Crippen LogP contribution in [0, 0.1) is 12.3 Å². The first-order valence-corrected chi connectivity index (χ1v) is 13.3. The first-order valence-electron chi connectivity index (χ1n) is 13.3. The van der Waals surface area contributed by atoms with E-state index in [1.165, 1.54) is 4.90 Å². The summed E-state index contributed by atoms with van der Waals surface area (Å²) in [6.07, 6.45) is 9.52. The van der Waals surface area contributed by atoms with Gasteiger partial charge in [-0.15, -0.1) is 6.42 Å². The van der Waals surface area contributed by atoms with Crippen molar-refractivity contribution in [2.45, 2.75) is 109 Å². The summed E-state index contributed by atoms with van der Waals surface area (Å²) in [5.41, 5.74) is 5.80. The lowest BCUT2D eigenvalue weighted by Gasteiger charge is -2.38. The van der Waals surface area contributed by atoms with Crippen LogP contribution in [0.25, 0.3) is 0 Å². The highest BCUT2D eigenvalue weighted by atomic mass is 16.6. The lowest BCUT2D eigenvalue weighted by atomic mass is 9.94. The van der Waals surface area contributed by atoms with Crippen molar-refractivity contribution in [1.82, 2.24) is 15.5 Å². The van der Waals surface area contributed by atoms with Gasteiger partial charge < -0.3 is 26.0 Å². The molecule has 9 heteroatoms. The molecule has 208 valence electrons. The summed E-state index contributed by atoms with van der Waals surface area (Å²) in [5, 5.41) is 5.73. The number of benzene rings is 1. The summed E-state index contributed by atoms with van der Waals surface area (Å²) in [5.74, 6) is 1.13. The maximum Gasteiger partial charge on any atom is 0.408 e. The molecule has 4 amide bonds. The standard InChI is InChI=1S/C29H42N4O5/c1-7-20-13-15-21(16-14-20)25(26(35)31-22-11-9-8-10-12-22)33(19(2)3)27(36)23(17-18-24(30)34)32-28(37)38-29(4,5)6/h1,13-16,19,22-23,25H,8-12,17-18H2,2-6H3,(H2,30,34)(H,31,35)(H,32,37). The predicted molar refractivity (Wildman–Crippen MR) is 146 cm³/mol. The number of primary amides is 1. The van der Waals surface area contributed by atoms with Crippen molar-refractivity contribution in [3.8, 4) is 12.3 Å². The number of ether oxygens (including phenoxy) is 1. The summed E-state index contributed by atoms with van der Waals surface area (Å²) in [6, 6.07) is 4.42. The molecule has 2 atom stereocenters. The van der Waals surface area contributed by atoms with E-state index in [1.807, 2.05) is 0 Å². The summed E-state index contributed by atoms with van der Waals surface area (Å²) >= 11 is 0. The van der Waals surface area contributed by atoms with Crippen molar-refractivity contribution in [1.29, 1.82) is 0 Å². The fraction of sp³-hybridized carbons (Fsp3) is 0.586. The minimum Gasteiger partial charge on any atom is -0.444 e. The third-order valence-corrected chi connectivity index (χ3v) is 6.35. The van der Waals surface area contributed by atoms with Gasteiger partial charge in [-0.25, -0.2) is 4.79 Å². The van der Waals surface area contributed by atoms with Crippen molar-refractivity contribution >= 4 is 23.8 Å². The molecule has 1 aromatic carbocycles. The van der Waals surface area contributed by atoms with E-state index >= 15 is 0 Å². The van der Waals surface area contributed by atoms with Crippen LogP contribution in [0.15, 0.2) is 24.3 Å². The van der Waals surface area contributed by atoms with Crippen molar-refractivity contribution in [2.75, 3.05) is 0 Å². The number of rotatable bonds is 10. The number of hydrogen-bond donors (Lipinski definition) is 3. The zero-order chi connectivity index (χ0) is 28.5. The molecule has 0 aliphatic heterocycles. The Bertz CT molecular complexity index is 1020. The Hall–Kier alpha value is -3.54. The van der Waals surface area contributed by atoms with Gasteiger partial charge in [-0.1, -0.05) is 37.3 Å². The first kappa shape index (κ1) is 30.7. The second kappa shape index (κ2) is 13.8. The Morgan fingerprint density at radius 3 is 2.21 bits per heavy atom. The zero-order valence-electron chi connectivity index (χ0n) is 23.2. The molecular formula is C29H42N4O5. The predicted octanol–water partition coefficient (Wildman–Crippen LogP) is 3.55. The fourth-order valence-electron chi connectivity index (χ4n) is 4.58. The average molecular weight is 527 g/mol. The van der Waals surface area contributed by atoms with Gasteiger partial charge in [0.15, 0.2) is 0 Å². The molecular weight excluding hydrogens is 484 g/mol. The van der Waals surface area contributed by atoms with Gasteiger partial charge in [0.05, 0.1) is 0 Å². The second-order valence-corrected chi connectivity index (χ2v) is 11.1. The van der Waals surface area contributed by atoms with Gasteiger partial charge in [-0.05, 0) is 71.6 Å². The summed E-state index contributed by atoms with van der Waals surface area (Å²) < 4.78 is 5.35. The van der Waals surface area contributed by atoms with Crippen molar-refractivity contribution in [3.05, 3.63) is 35.4 Å². The van der Waals surface area contributed by atoms with Crippen molar-refractivity contribution < 1.29 is 23.9 Å². The largest absolute Gasteiger partial charge is 0.444 e. The van der Waals surface area contributed by atoms with Crippen LogP contribution in [-0.2, 0) is 19.1 Å². The van der Waals surface area contributed by atoms with E-state index in [9.17, 15) is 19.2 Å². The molecule has 1 aliphatic carbocycles. The summed E-state index contributed by atoms with van der Waals surface area (Å²) in [4.78, 5) is 53.4. The van der Waals surface area contributed by atoms with Crippen LogP contribution in [0.5, 0.6) is 0 Å². The van der Waals surface area contributed by atoms with Gasteiger partial charge in [0.25, 0.3) is 0 Å². The number of amides is 4. The van der Waals surface area contributed by atoms with Gasteiger partial charge in [0.1, 0.15) is 17.7 Å². The Kier molecular flexibility index (Phi) is 11.2. The summed E-state index contributed by atoms with van der Waals surface area (Å²) in [7, 11) is 0. The number of terminal acetylenes is 1. The van der Waals surface area contributed by atoms with E-state index in [1.54, 1.807) is 58.9 Å². The molecule has 0 radical (unpaired) electrons. The highest BCUT2D eigenvalue weighted by Gasteiger charge is 2.38. The van der Waals surface area contributed by atoms with Crippen LogP contribution < -0.4 is 16.4 Å². The third-order valence-electron chi connectivity index (χ3n) is 6.35. The maximum absolute atomic E-state index is 14.0. The molecule has 1 aliphatic rings. The van der Waals surface area contributed by atoms with Crippen LogP contribution in [0.4, 0.5) is 4.79 Å². The number of nitrogens with two attached hydrogens (primary N) is 1. The normalized spacial score (nSPS) is 15.6. The third kappa shape index (κ3) is 9.40. The molecule has 0 spiro atoms. The molecule has 9 nitrogen and oxygen atoms in total. The van der Waals surface area contributed by atoms with Crippen molar-refractivity contribution in [3.63, 3.8) is 0 Å². The van der Waals surface area contributed by atoms with Crippen LogP contribution in [0.1, 0.15) is 96.7 Å². The second-order valence-electron chi connectivity index (χ2n) is 11.1. The van der Waals surface area contributed by atoms with E-state index in [0.29, 0.717) is 11.1 Å². The lowest BCUT2D eigenvalue weighted by molar-refractivity contribution is -0.145. The number of alkyl carbamates (subject to hydrolysis) is 1.